The summed E-state index contributed by atoms with van der Waals surface area (Å²) >= 11 is 0. The molecule has 0 unspecified atom stereocenters. The second-order valence-electron chi connectivity index (χ2n) is 5.28. The lowest BCUT2D eigenvalue weighted by Crippen LogP contribution is -2.16. The Kier molecular flexibility index (Phi) is 3.51. The highest BCUT2D eigenvalue weighted by Gasteiger charge is 2.23. The third kappa shape index (κ3) is 2.43. The number of para-hydroxylation sites is 2. The summed E-state index contributed by atoms with van der Waals surface area (Å²) < 4.78 is 7.10. The molecule has 0 bridgehead atoms. The predicted octanol–water partition coefficient (Wildman–Crippen LogP) is 3.15. The van der Waals surface area contributed by atoms with E-state index in [0.29, 0.717) is 5.82 Å². The molecule has 19 heavy (non-hydrogen) atoms. The highest BCUT2D eigenvalue weighted by molar-refractivity contribution is 5.51. The van der Waals surface area contributed by atoms with E-state index in [1.165, 1.54) is 0 Å². The van der Waals surface area contributed by atoms with Crippen LogP contribution in [0.15, 0.2) is 30.3 Å². The lowest BCUT2D eigenvalue weighted by Gasteiger charge is -2.19. The van der Waals surface area contributed by atoms with Crippen LogP contribution in [0.2, 0.25) is 0 Å². The van der Waals surface area contributed by atoms with Gasteiger partial charge in [0, 0.05) is 11.5 Å². The smallest absolute Gasteiger partial charge is 0.144 e. The van der Waals surface area contributed by atoms with Gasteiger partial charge in [0.05, 0.1) is 12.8 Å². The van der Waals surface area contributed by atoms with Crippen molar-refractivity contribution in [1.29, 1.82) is 0 Å². The highest BCUT2D eigenvalue weighted by atomic mass is 16.5. The maximum Gasteiger partial charge on any atom is 0.144 e. The third-order valence-corrected chi connectivity index (χ3v) is 3.63. The van der Waals surface area contributed by atoms with Gasteiger partial charge in [-0.1, -0.05) is 32.9 Å². The molecule has 2 N–H and O–H groups in total. The van der Waals surface area contributed by atoms with Crippen LogP contribution in [-0.4, -0.2) is 16.9 Å². The monoisotopic (exact) mass is 259 g/mol. The molecular formula is C15H21N3O. The molecule has 0 saturated carbocycles. The van der Waals surface area contributed by atoms with Gasteiger partial charge in [-0.25, -0.2) is 4.68 Å². The molecule has 4 nitrogen and oxygen atoms in total. The summed E-state index contributed by atoms with van der Waals surface area (Å²) in [7, 11) is 1.65. The molecule has 0 aliphatic heterocycles. The van der Waals surface area contributed by atoms with Gasteiger partial charge >= 0.3 is 0 Å². The second kappa shape index (κ2) is 4.96. The first-order chi connectivity index (χ1) is 8.99. The van der Waals surface area contributed by atoms with Gasteiger partial charge in [0.1, 0.15) is 17.3 Å². The summed E-state index contributed by atoms with van der Waals surface area (Å²) in [5, 5.41) is 4.64. The highest BCUT2D eigenvalue weighted by Crippen LogP contribution is 2.30. The van der Waals surface area contributed by atoms with Crippen molar-refractivity contribution in [1.82, 2.24) is 9.78 Å². The SMILES string of the molecule is CCC(C)(C)c1cc(N)n(-c2ccccc2OC)n1. The van der Waals surface area contributed by atoms with Crippen LogP contribution in [0.25, 0.3) is 5.69 Å². The van der Waals surface area contributed by atoms with Gasteiger partial charge in [-0.2, -0.15) is 5.10 Å². The quantitative estimate of drug-likeness (QED) is 0.917. The first kappa shape index (κ1) is 13.5. The Labute approximate surface area is 114 Å². The standard InChI is InChI=1S/C15H21N3O/c1-5-15(2,3)13-10-14(16)18(17-13)11-8-6-7-9-12(11)19-4/h6-10H,5,16H2,1-4H3. The Balaban J connectivity index is 2.52. The predicted molar refractivity (Wildman–Crippen MR) is 77.8 cm³/mol. The third-order valence-electron chi connectivity index (χ3n) is 3.63. The van der Waals surface area contributed by atoms with Gasteiger partial charge in [0.25, 0.3) is 0 Å². The molecule has 1 heterocycles. The van der Waals surface area contributed by atoms with Crippen molar-refractivity contribution in [3.05, 3.63) is 36.0 Å². The number of nitrogen functional groups attached to an aromatic ring is 1. The number of nitrogens with zero attached hydrogens (tertiary/aromatic N) is 2. The average Bonchev–Trinajstić information content (AvgIpc) is 2.81. The Hall–Kier alpha value is -1.97. The van der Waals surface area contributed by atoms with Crippen molar-refractivity contribution in [2.24, 2.45) is 0 Å². The van der Waals surface area contributed by atoms with E-state index < -0.39 is 0 Å². The molecule has 0 aliphatic carbocycles. The van der Waals surface area contributed by atoms with Gasteiger partial charge in [-0.15, -0.1) is 0 Å². The fraction of sp³-hybridized carbons (Fsp3) is 0.400. The zero-order chi connectivity index (χ0) is 14.0. The lowest BCUT2D eigenvalue weighted by molar-refractivity contribution is 0.411. The minimum absolute atomic E-state index is 0.0153. The Morgan fingerprint density at radius 3 is 2.63 bits per heavy atom. The van der Waals surface area contributed by atoms with Crippen LogP contribution in [0.3, 0.4) is 0 Å². The van der Waals surface area contributed by atoms with Gasteiger partial charge in [-0.3, -0.25) is 0 Å². The first-order valence-corrected chi connectivity index (χ1v) is 6.49. The van der Waals surface area contributed by atoms with Crippen molar-refractivity contribution >= 4 is 5.82 Å². The molecule has 4 heteroatoms. The van der Waals surface area contributed by atoms with E-state index in [2.05, 4.69) is 25.9 Å². The number of nitrogens with two attached hydrogens (primary N) is 1. The van der Waals surface area contributed by atoms with Crippen molar-refractivity contribution in [2.45, 2.75) is 32.6 Å². The fourth-order valence-corrected chi connectivity index (χ4v) is 1.91. The van der Waals surface area contributed by atoms with Crippen LogP contribution in [-0.2, 0) is 5.41 Å². The van der Waals surface area contributed by atoms with Crippen molar-refractivity contribution in [3.63, 3.8) is 0 Å². The van der Waals surface area contributed by atoms with Gasteiger partial charge < -0.3 is 10.5 Å². The van der Waals surface area contributed by atoms with Gasteiger partial charge in [0.15, 0.2) is 0 Å². The molecule has 0 saturated heterocycles. The van der Waals surface area contributed by atoms with Crippen molar-refractivity contribution < 1.29 is 4.74 Å². The Bertz CT molecular complexity index is 573. The molecule has 0 aliphatic rings. The molecule has 2 rings (SSSR count). The van der Waals surface area contributed by atoms with E-state index in [1.807, 2.05) is 30.3 Å². The number of anilines is 1. The molecule has 1 aromatic heterocycles. The summed E-state index contributed by atoms with van der Waals surface area (Å²) in [6, 6.07) is 9.67. The summed E-state index contributed by atoms with van der Waals surface area (Å²) in [5.74, 6) is 1.39. The van der Waals surface area contributed by atoms with Crippen LogP contribution in [0.1, 0.15) is 32.9 Å². The molecule has 0 fully saturated rings. The largest absolute Gasteiger partial charge is 0.494 e. The number of methoxy groups -OCH3 is 1. The van der Waals surface area contributed by atoms with E-state index in [-0.39, 0.29) is 5.41 Å². The van der Waals surface area contributed by atoms with Crippen LogP contribution in [0.5, 0.6) is 5.75 Å². The maximum atomic E-state index is 6.09. The van der Waals surface area contributed by atoms with E-state index in [0.717, 1.165) is 23.6 Å². The van der Waals surface area contributed by atoms with Gasteiger partial charge in [-0.05, 0) is 18.6 Å². The molecule has 2 aromatic rings. The average molecular weight is 259 g/mol. The number of ether oxygens (including phenoxy) is 1. The maximum absolute atomic E-state index is 6.09. The second-order valence-corrected chi connectivity index (χ2v) is 5.28. The Morgan fingerprint density at radius 2 is 2.00 bits per heavy atom. The van der Waals surface area contributed by atoms with Crippen molar-refractivity contribution in [3.8, 4) is 11.4 Å². The van der Waals surface area contributed by atoms with Gasteiger partial charge in [0.2, 0.25) is 0 Å². The number of hydrogen-bond acceptors (Lipinski definition) is 3. The zero-order valence-corrected chi connectivity index (χ0v) is 12.0. The van der Waals surface area contributed by atoms with Crippen LogP contribution < -0.4 is 10.5 Å². The number of hydrogen-bond donors (Lipinski definition) is 1. The molecule has 0 atom stereocenters. The minimum atomic E-state index is 0.0153. The van der Waals surface area contributed by atoms with E-state index in [9.17, 15) is 0 Å². The molecule has 102 valence electrons. The molecule has 0 amide bonds. The fourth-order valence-electron chi connectivity index (χ4n) is 1.91. The summed E-state index contributed by atoms with van der Waals surface area (Å²) in [6.07, 6.45) is 1.01. The molecule has 1 aromatic carbocycles. The number of aromatic nitrogens is 2. The van der Waals surface area contributed by atoms with Crippen LogP contribution in [0.4, 0.5) is 5.82 Å². The number of benzene rings is 1. The Morgan fingerprint density at radius 1 is 1.32 bits per heavy atom. The molecule has 0 spiro atoms. The topological polar surface area (TPSA) is 53.1 Å². The van der Waals surface area contributed by atoms with E-state index >= 15 is 0 Å². The van der Waals surface area contributed by atoms with Crippen LogP contribution in [0, 0.1) is 0 Å². The van der Waals surface area contributed by atoms with Crippen molar-refractivity contribution in [2.75, 3.05) is 12.8 Å². The minimum Gasteiger partial charge on any atom is -0.494 e. The summed E-state index contributed by atoms with van der Waals surface area (Å²) in [5.41, 5.74) is 7.97. The normalized spacial score (nSPS) is 11.6. The van der Waals surface area contributed by atoms with E-state index in [4.69, 9.17) is 10.5 Å². The summed E-state index contributed by atoms with van der Waals surface area (Å²) in [6.45, 7) is 6.49. The first-order valence-electron chi connectivity index (χ1n) is 6.49. The molecular weight excluding hydrogens is 238 g/mol. The zero-order valence-electron chi connectivity index (χ0n) is 12.0. The molecule has 0 radical (unpaired) electrons. The lowest BCUT2D eigenvalue weighted by atomic mass is 9.87. The van der Waals surface area contributed by atoms with Crippen LogP contribution >= 0.6 is 0 Å². The summed E-state index contributed by atoms with van der Waals surface area (Å²) in [4.78, 5) is 0. The van der Waals surface area contributed by atoms with E-state index in [1.54, 1.807) is 11.8 Å². The number of rotatable bonds is 4.